The van der Waals surface area contributed by atoms with Crippen molar-refractivity contribution in [2.45, 2.75) is 23.7 Å². The van der Waals surface area contributed by atoms with Crippen molar-refractivity contribution in [3.8, 4) is 6.07 Å². The minimum absolute atomic E-state index is 0.206. The van der Waals surface area contributed by atoms with Gasteiger partial charge in [0.25, 0.3) is 0 Å². The smallest absolute Gasteiger partial charge is 0.241 e. The maximum Gasteiger partial charge on any atom is 0.241 e. The fourth-order valence-corrected chi connectivity index (χ4v) is 4.09. The average Bonchev–Trinajstić information content (AvgIpc) is 2.68. The third-order valence-corrected chi connectivity index (χ3v) is 5.70. The molecule has 1 fully saturated rings. The van der Waals surface area contributed by atoms with E-state index in [1.54, 1.807) is 31.2 Å². The summed E-state index contributed by atoms with van der Waals surface area (Å²) in [4.78, 5) is 24.9. The number of halogens is 1. The summed E-state index contributed by atoms with van der Waals surface area (Å²) in [6.45, 7) is 1.76. The van der Waals surface area contributed by atoms with Crippen LogP contribution in [0.4, 0.5) is 5.69 Å². The fourth-order valence-electron chi connectivity index (χ4n) is 2.90. The number of rotatable bonds is 5. The predicted octanol–water partition coefficient (Wildman–Crippen LogP) is 3.28. The van der Waals surface area contributed by atoms with E-state index in [-0.39, 0.29) is 11.8 Å². The Morgan fingerprint density at radius 2 is 2.00 bits per heavy atom. The van der Waals surface area contributed by atoms with E-state index in [4.69, 9.17) is 11.6 Å². The van der Waals surface area contributed by atoms with Crippen molar-refractivity contribution < 1.29 is 9.59 Å². The van der Waals surface area contributed by atoms with E-state index in [1.165, 1.54) is 11.8 Å². The number of nitrogens with zero attached hydrogens (tertiary/aromatic N) is 1. The molecule has 4 atom stereocenters. The first-order valence-corrected chi connectivity index (χ1v) is 10.0. The largest absolute Gasteiger partial charge is 0.331 e. The molecule has 0 aromatic heterocycles. The molecule has 0 bridgehead atoms. The molecule has 3 N–H and O–H groups in total. The van der Waals surface area contributed by atoms with Crippen molar-refractivity contribution >= 4 is 40.9 Å². The van der Waals surface area contributed by atoms with Gasteiger partial charge in [0.2, 0.25) is 11.8 Å². The summed E-state index contributed by atoms with van der Waals surface area (Å²) in [5, 5.41) is 18.3. The van der Waals surface area contributed by atoms with E-state index in [0.717, 1.165) is 5.56 Å². The first-order chi connectivity index (χ1) is 13.5. The number of nitrogens with one attached hydrogen (secondary N) is 3. The molecule has 1 aliphatic heterocycles. The molecule has 0 spiro atoms. The lowest BCUT2D eigenvalue weighted by Gasteiger charge is -2.35. The highest BCUT2D eigenvalue weighted by atomic mass is 35.5. The van der Waals surface area contributed by atoms with Gasteiger partial charge in [0.15, 0.2) is 0 Å². The van der Waals surface area contributed by atoms with Gasteiger partial charge in [-0.15, -0.1) is 11.8 Å². The number of anilines is 1. The van der Waals surface area contributed by atoms with E-state index in [0.29, 0.717) is 10.7 Å². The van der Waals surface area contributed by atoms with Gasteiger partial charge in [-0.05, 0) is 30.7 Å². The Hall–Kier alpha value is -2.53. The van der Waals surface area contributed by atoms with E-state index in [1.807, 2.05) is 30.3 Å². The molecule has 1 saturated heterocycles. The first-order valence-electron chi connectivity index (χ1n) is 8.71. The van der Waals surface area contributed by atoms with E-state index >= 15 is 0 Å². The van der Waals surface area contributed by atoms with Gasteiger partial charge in [-0.2, -0.15) is 5.26 Å². The lowest BCUT2D eigenvalue weighted by molar-refractivity contribution is -0.126. The fraction of sp³-hybridized carbons (Fsp3) is 0.250. The van der Waals surface area contributed by atoms with Crippen LogP contribution in [0.15, 0.2) is 54.6 Å². The molecule has 8 heteroatoms. The summed E-state index contributed by atoms with van der Waals surface area (Å²) < 4.78 is 0. The topological polar surface area (TPSA) is 94.0 Å². The highest BCUT2D eigenvalue weighted by Crippen LogP contribution is 2.29. The number of nitriles is 1. The Morgan fingerprint density at radius 1 is 1.25 bits per heavy atom. The molecule has 3 rings (SSSR count). The third-order valence-electron chi connectivity index (χ3n) is 4.32. The van der Waals surface area contributed by atoms with Crippen LogP contribution < -0.4 is 16.0 Å². The van der Waals surface area contributed by atoms with Crippen LogP contribution in [0, 0.1) is 17.2 Å². The number of thioether (sulfide) groups is 1. The number of benzene rings is 2. The maximum absolute atomic E-state index is 12.5. The number of hydrogen-bond acceptors (Lipinski definition) is 5. The van der Waals surface area contributed by atoms with Gasteiger partial charge < -0.3 is 10.6 Å². The predicted molar refractivity (Wildman–Crippen MR) is 110 cm³/mol. The van der Waals surface area contributed by atoms with Gasteiger partial charge in [-0.25, -0.2) is 0 Å². The van der Waals surface area contributed by atoms with Gasteiger partial charge in [0.05, 0.1) is 17.4 Å². The zero-order valence-corrected chi connectivity index (χ0v) is 16.6. The second kappa shape index (κ2) is 9.11. The van der Waals surface area contributed by atoms with Gasteiger partial charge in [0, 0.05) is 10.7 Å². The SMILES string of the molecule is CC(SC1NC(=O)C(C#N)C(c2ccccc2)N1)C(=O)Nc1cccc(Cl)c1. The number of carbonyl (C=O) groups is 2. The van der Waals surface area contributed by atoms with E-state index in [2.05, 4.69) is 22.0 Å². The van der Waals surface area contributed by atoms with E-state index < -0.39 is 22.7 Å². The molecule has 4 unspecified atom stereocenters. The molecule has 2 aromatic rings. The number of hydrogen-bond donors (Lipinski definition) is 3. The Balaban J connectivity index is 1.67. The molecule has 2 aromatic carbocycles. The molecule has 144 valence electrons. The van der Waals surface area contributed by atoms with Crippen LogP contribution in [0.1, 0.15) is 18.5 Å². The highest BCUT2D eigenvalue weighted by molar-refractivity contribution is 8.01. The standard InChI is InChI=1S/C20H19ClN4O2S/c1-12(18(26)23-15-9-5-8-14(21)10-15)28-20-24-17(13-6-3-2-4-7-13)16(11-22)19(27)25-20/h2-10,12,16-17,20,24H,1H3,(H,23,26)(H,25,27). The molecular weight excluding hydrogens is 396 g/mol. The summed E-state index contributed by atoms with van der Waals surface area (Å²) in [5.74, 6) is -1.40. The van der Waals surface area contributed by atoms with Crippen LogP contribution in [-0.4, -0.2) is 22.6 Å². The summed E-state index contributed by atoms with van der Waals surface area (Å²) in [6, 6.07) is 17.9. The molecule has 0 saturated carbocycles. The van der Waals surface area contributed by atoms with Crippen molar-refractivity contribution in [3.63, 3.8) is 0 Å². The zero-order chi connectivity index (χ0) is 20.1. The van der Waals surface area contributed by atoms with Crippen LogP contribution in [0.25, 0.3) is 0 Å². The summed E-state index contributed by atoms with van der Waals surface area (Å²) in [6.07, 6.45) is 0. The quantitative estimate of drug-likeness (QED) is 0.698. The molecule has 1 aliphatic rings. The van der Waals surface area contributed by atoms with Crippen molar-refractivity contribution in [1.29, 1.82) is 5.26 Å². The molecule has 0 aliphatic carbocycles. The average molecular weight is 415 g/mol. The van der Waals surface area contributed by atoms with Crippen LogP contribution in [0.3, 0.4) is 0 Å². The van der Waals surface area contributed by atoms with Crippen molar-refractivity contribution in [2.75, 3.05) is 5.32 Å². The number of amides is 2. The van der Waals surface area contributed by atoms with Gasteiger partial charge in [-0.1, -0.05) is 48.0 Å². The van der Waals surface area contributed by atoms with Crippen LogP contribution in [0.5, 0.6) is 0 Å². The third kappa shape index (κ3) is 4.84. The molecule has 28 heavy (non-hydrogen) atoms. The lowest BCUT2D eigenvalue weighted by atomic mass is 9.92. The normalized spacial score (nSPS) is 22.6. The minimum atomic E-state index is -0.838. The summed E-state index contributed by atoms with van der Waals surface area (Å²) in [7, 11) is 0. The second-order valence-corrected chi connectivity index (χ2v) is 8.22. The zero-order valence-electron chi connectivity index (χ0n) is 15.1. The molecular formula is C20H19ClN4O2S. The van der Waals surface area contributed by atoms with Crippen LogP contribution in [0.2, 0.25) is 5.02 Å². The minimum Gasteiger partial charge on any atom is -0.331 e. The molecule has 1 heterocycles. The van der Waals surface area contributed by atoms with Crippen LogP contribution in [-0.2, 0) is 9.59 Å². The monoisotopic (exact) mass is 414 g/mol. The van der Waals surface area contributed by atoms with Gasteiger partial charge >= 0.3 is 0 Å². The maximum atomic E-state index is 12.5. The second-order valence-electron chi connectivity index (χ2n) is 6.33. The van der Waals surface area contributed by atoms with E-state index in [9.17, 15) is 14.9 Å². The molecule has 6 nitrogen and oxygen atoms in total. The van der Waals surface area contributed by atoms with Gasteiger partial charge in [0.1, 0.15) is 11.4 Å². The molecule has 0 radical (unpaired) electrons. The Morgan fingerprint density at radius 3 is 2.68 bits per heavy atom. The van der Waals surface area contributed by atoms with Crippen molar-refractivity contribution in [1.82, 2.24) is 10.6 Å². The Labute approximate surface area is 172 Å². The first kappa shape index (κ1) is 20.2. The Bertz CT molecular complexity index is 903. The van der Waals surface area contributed by atoms with Gasteiger partial charge in [-0.3, -0.25) is 14.9 Å². The van der Waals surface area contributed by atoms with Crippen molar-refractivity contribution in [2.24, 2.45) is 5.92 Å². The highest BCUT2D eigenvalue weighted by Gasteiger charge is 2.38. The lowest BCUT2D eigenvalue weighted by Crippen LogP contribution is -2.56. The molecule has 2 amide bonds. The van der Waals surface area contributed by atoms with Crippen LogP contribution >= 0.6 is 23.4 Å². The summed E-state index contributed by atoms with van der Waals surface area (Å²) >= 11 is 7.21. The Kier molecular flexibility index (Phi) is 6.57. The number of carbonyl (C=O) groups excluding carboxylic acids is 2. The van der Waals surface area contributed by atoms with Crippen molar-refractivity contribution in [3.05, 3.63) is 65.2 Å². The summed E-state index contributed by atoms with van der Waals surface area (Å²) in [5.41, 5.74) is 0.963.